The van der Waals surface area contributed by atoms with E-state index < -0.39 is 0 Å². The van der Waals surface area contributed by atoms with E-state index in [4.69, 9.17) is 5.73 Å². The average molecular weight is 330 g/mol. The predicted octanol–water partition coefficient (Wildman–Crippen LogP) is 2.40. The number of amides is 1. The number of rotatable bonds is 3. The summed E-state index contributed by atoms with van der Waals surface area (Å²) in [6.45, 7) is 2.57. The van der Waals surface area contributed by atoms with Gasteiger partial charge in [-0.25, -0.2) is 0 Å². The minimum Gasteiger partial charge on any atom is -0.341 e. The molecular formula is C17H32ClN3O. The lowest BCUT2D eigenvalue weighted by Gasteiger charge is -2.37. The van der Waals surface area contributed by atoms with Gasteiger partial charge in [0.25, 0.3) is 0 Å². The van der Waals surface area contributed by atoms with Crippen LogP contribution in [0.25, 0.3) is 0 Å². The Morgan fingerprint density at radius 2 is 1.82 bits per heavy atom. The Kier molecular flexibility index (Phi) is 6.14. The van der Waals surface area contributed by atoms with E-state index in [1.165, 1.54) is 32.1 Å². The zero-order chi connectivity index (χ0) is 14.9. The van der Waals surface area contributed by atoms with Crippen molar-refractivity contribution in [1.82, 2.24) is 9.80 Å². The Balaban J connectivity index is 0.00000176. The maximum atomic E-state index is 12.8. The van der Waals surface area contributed by atoms with E-state index >= 15 is 0 Å². The standard InChI is InChI=1S/C17H31N3O.ClH/c1-19-14-5-6-15(19)12-20(10-7-14)16(21)11-17(13-18)8-3-2-4-9-17;/h14-15H,2-13,18H2,1H3;1H. The smallest absolute Gasteiger partial charge is 0.223 e. The molecule has 0 aromatic heterocycles. The molecular weight excluding hydrogens is 298 g/mol. The number of likely N-dealkylation sites (tertiary alicyclic amines) is 1. The van der Waals surface area contributed by atoms with E-state index in [0.29, 0.717) is 31.0 Å². The molecule has 2 heterocycles. The molecule has 0 spiro atoms. The van der Waals surface area contributed by atoms with Crippen LogP contribution in [0.1, 0.15) is 57.8 Å². The first kappa shape index (κ1) is 18.0. The lowest BCUT2D eigenvalue weighted by Crippen LogP contribution is -2.43. The van der Waals surface area contributed by atoms with Gasteiger partial charge in [-0.15, -0.1) is 12.4 Å². The quantitative estimate of drug-likeness (QED) is 0.865. The number of fused-ring (bicyclic) bond motifs is 2. The summed E-state index contributed by atoms with van der Waals surface area (Å²) in [6, 6.07) is 1.28. The summed E-state index contributed by atoms with van der Waals surface area (Å²) in [5, 5.41) is 0. The fourth-order valence-corrected chi connectivity index (χ4v) is 4.72. The Bertz CT molecular complexity index is 384. The van der Waals surface area contributed by atoms with Crippen LogP contribution in [0.2, 0.25) is 0 Å². The highest BCUT2D eigenvalue weighted by atomic mass is 35.5. The second-order valence-electron chi connectivity index (χ2n) is 7.62. The molecule has 1 saturated carbocycles. The van der Waals surface area contributed by atoms with Crippen molar-refractivity contribution in [3.8, 4) is 0 Å². The van der Waals surface area contributed by atoms with Crippen LogP contribution in [0.15, 0.2) is 0 Å². The summed E-state index contributed by atoms with van der Waals surface area (Å²) in [6.07, 6.45) is 10.5. The molecule has 5 heteroatoms. The van der Waals surface area contributed by atoms with E-state index in [9.17, 15) is 4.79 Å². The molecule has 22 heavy (non-hydrogen) atoms. The monoisotopic (exact) mass is 329 g/mol. The predicted molar refractivity (Wildman–Crippen MR) is 92.2 cm³/mol. The fourth-order valence-electron chi connectivity index (χ4n) is 4.72. The van der Waals surface area contributed by atoms with Crippen molar-refractivity contribution >= 4 is 18.3 Å². The first-order chi connectivity index (χ1) is 10.1. The molecule has 2 atom stereocenters. The Morgan fingerprint density at radius 3 is 2.50 bits per heavy atom. The van der Waals surface area contributed by atoms with Crippen molar-refractivity contribution in [3.63, 3.8) is 0 Å². The van der Waals surface area contributed by atoms with Crippen LogP contribution in [-0.2, 0) is 4.79 Å². The van der Waals surface area contributed by atoms with Gasteiger partial charge in [-0.3, -0.25) is 9.69 Å². The molecule has 2 aliphatic heterocycles. The van der Waals surface area contributed by atoms with Crippen LogP contribution >= 0.6 is 12.4 Å². The SMILES string of the molecule is CN1C2CCC1CN(C(=O)CC1(CN)CCCCC1)CC2.Cl. The highest BCUT2D eigenvalue weighted by molar-refractivity contribution is 5.85. The van der Waals surface area contributed by atoms with E-state index in [1.807, 2.05) is 0 Å². The minimum absolute atomic E-state index is 0. The summed E-state index contributed by atoms with van der Waals surface area (Å²) in [4.78, 5) is 17.5. The van der Waals surface area contributed by atoms with Gasteiger partial charge in [-0.05, 0) is 51.1 Å². The first-order valence-electron chi connectivity index (χ1n) is 8.83. The molecule has 3 aliphatic rings. The third-order valence-corrected chi connectivity index (χ3v) is 6.37. The Labute approximate surface area is 141 Å². The van der Waals surface area contributed by atoms with E-state index in [1.54, 1.807) is 0 Å². The van der Waals surface area contributed by atoms with Crippen LogP contribution < -0.4 is 5.73 Å². The molecule has 2 unspecified atom stereocenters. The third kappa shape index (κ3) is 3.60. The number of hydrogen-bond acceptors (Lipinski definition) is 3. The van der Waals surface area contributed by atoms with Gasteiger partial charge in [-0.1, -0.05) is 19.3 Å². The Hall–Kier alpha value is -0.320. The molecule has 0 radical (unpaired) electrons. The number of carbonyl (C=O) groups excluding carboxylic acids is 1. The van der Waals surface area contributed by atoms with Gasteiger partial charge in [-0.2, -0.15) is 0 Å². The van der Waals surface area contributed by atoms with Gasteiger partial charge in [0.2, 0.25) is 5.91 Å². The highest BCUT2D eigenvalue weighted by Gasteiger charge is 2.39. The fraction of sp³-hybridized carbons (Fsp3) is 0.941. The van der Waals surface area contributed by atoms with Crippen LogP contribution in [0, 0.1) is 5.41 Å². The van der Waals surface area contributed by atoms with Crippen LogP contribution in [0.3, 0.4) is 0 Å². The van der Waals surface area contributed by atoms with Crippen LogP contribution in [0.4, 0.5) is 0 Å². The van der Waals surface area contributed by atoms with Crippen molar-refractivity contribution < 1.29 is 4.79 Å². The molecule has 3 fully saturated rings. The number of nitrogens with two attached hydrogens (primary N) is 1. The molecule has 1 amide bonds. The normalized spacial score (nSPS) is 31.5. The lowest BCUT2D eigenvalue weighted by atomic mass is 9.71. The maximum Gasteiger partial charge on any atom is 0.223 e. The van der Waals surface area contributed by atoms with E-state index in [-0.39, 0.29) is 17.8 Å². The highest BCUT2D eigenvalue weighted by Crippen LogP contribution is 2.39. The summed E-state index contributed by atoms with van der Waals surface area (Å²) in [5.74, 6) is 0.364. The van der Waals surface area contributed by atoms with Gasteiger partial charge in [0.1, 0.15) is 0 Å². The van der Waals surface area contributed by atoms with Gasteiger partial charge >= 0.3 is 0 Å². The maximum absolute atomic E-state index is 12.8. The number of likely N-dealkylation sites (N-methyl/N-ethyl adjacent to an activating group) is 1. The number of hydrogen-bond donors (Lipinski definition) is 1. The third-order valence-electron chi connectivity index (χ3n) is 6.37. The van der Waals surface area contributed by atoms with Crippen molar-refractivity contribution in [2.24, 2.45) is 11.1 Å². The minimum atomic E-state index is 0. The number of nitrogens with zero attached hydrogens (tertiary/aromatic N) is 2. The van der Waals surface area contributed by atoms with Crippen LogP contribution in [-0.4, -0.2) is 54.5 Å². The molecule has 1 aliphatic carbocycles. The largest absolute Gasteiger partial charge is 0.341 e. The molecule has 0 aromatic rings. The second kappa shape index (κ2) is 7.50. The average Bonchev–Trinajstić information content (AvgIpc) is 2.73. The van der Waals surface area contributed by atoms with Crippen molar-refractivity contribution in [2.75, 3.05) is 26.7 Å². The van der Waals surface area contributed by atoms with Gasteiger partial charge in [0.15, 0.2) is 0 Å². The van der Waals surface area contributed by atoms with E-state index in [2.05, 4.69) is 16.8 Å². The van der Waals surface area contributed by atoms with Crippen molar-refractivity contribution in [1.29, 1.82) is 0 Å². The second-order valence-corrected chi connectivity index (χ2v) is 7.62. The van der Waals surface area contributed by atoms with Crippen molar-refractivity contribution in [3.05, 3.63) is 0 Å². The van der Waals surface area contributed by atoms with Crippen LogP contribution in [0.5, 0.6) is 0 Å². The molecule has 2 saturated heterocycles. The zero-order valence-electron chi connectivity index (χ0n) is 13.9. The van der Waals surface area contributed by atoms with E-state index in [0.717, 1.165) is 32.4 Å². The molecule has 4 nitrogen and oxygen atoms in total. The summed E-state index contributed by atoms with van der Waals surface area (Å²) in [5.41, 5.74) is 6.15. The molecule has 0 aromatic carbocycles. The summed E-state index contributed by atoms with van der Waals surface area (Å²) in [7, 11) is 2.23. The summed E-state index contributed by atoms with van der Waals surface area (Å²) < 4.78 is 0. The summed E-state index contributed by atoms with van der Waals surface area (Å²) >= 11 is 0. The van der Waals surface area contributed by atoms with Gasteiger partial charge in [0.05, 0.1) is 0 Å². The van der Waals surface area contributed by atoms with Gasteiger partial charge in [0, 0.05) is 31.6 Å². The first-order valence-corrected chi connectivity index (χ1v) is 8.83. The van der Waals surface area contributed by atoms with Gasteiger partial charge < -0.3 is 10.6 Å². The van der Waals surface area contributed by atoms with Crippen molar-refractivity contribution in [2.45, 2.75) is 69.9 Å². The zero-order valence-corrected chi connectivity index (χ0v) is 14.7. The topological polar surface area (TPSA) is 49.6 Å². The molecule has 128 valence electrons. The number of halogens is 1. The Morgan fingerprint density at radius 1 is 1.14 bits per heavy atom. The number of carbonyl (C=O) groups is 1. The molecule has 3 rings (SSSR count). The lowest BCUT2D eigenvalue weighted by molar-refractivity contribution is -0.134. The molecule has 2 bridgehead atoms. The molecule has 2 N–H and O–H groups in total.